The molecule has 0 aliphatic carbocycles. The molecule has 1 atom stereocenters. The number of hydrogen-bond acceptors (Lipinski definition) is 4. The number of ether oxygens (including phenoxy) is 3. The number of likely N-dealkylation sites (tertiary alicyclic amines) is 1. The number of aliphatic hydroxyl groups excluding tert-OH is 1. The van der Waals surface area contributed by atoms with E-state index in [1.165, 1.54) is 38.8 Å². The van der Waals surface area contributed by atoms with Crippen molar-refractivity contribution in [2.75, 3.05) is 59.2 Å². The van der Waals surface area contributed by atoms with Gasteiger partial charge in [0.25, 0.3) is 0 Å². The van der Waals surface area contributed by atoms with Crippen LogP contribution in [0.2, 0.25) is 0 Å². The second kappa shape index (κ2) is 8.95. The molecule has 2 saturated heterocycles. The lowest BCUT2D eigenvalue weighted by molar-refractivity contribution is -0.917. The Bertz CT molecular complexity index is 250. The molecule has 5 heteroatoms. The predicted molar refractivity (Wildman–Crippen MR) is 76.4 cm³/mol. The van der Waals surface area contributed by atoms with Crippen LogP contribution in [-0.2, 0) is 14.2 Å². The van der Waals surface area contributed by atoms with Gasteiger partial charge in [-0.2, -0.15) is 0 Å². The fourth-order valence-electron chi connectivity index (χ4n) is 3.21. The minimum Gasteiger partial charge on any atom is -0.394 e. The smallest absolute Gasteiger partial charge is 0.157 e. The van der Waals surface area contributed by atoms with E-state index < -0.39 is 0 Å². The first-order chi connectivity index (χ1) is 9.85. The number of hydrogen-bond donors (Lipinski definition) is 1. The largest absolute Gasteiger partial charge is 0.394 e. The van der Waals surface area contributed by atoms with Crippen LogP contribution in [0.4, 0.5) is 0 Å². The molecule has 2 heterocycles. The van der Waals surface area contributed by atoms with Gasteiger partial charge in [0.1, 0.15) is 13.1 Å². The van der Waals surface area contributed by atoms with Crippen molar-refractivity contribution in [2.45, 2.75) is 38.4 Å². The Morgan fingerprint density at radius 3 is 2.50 bits per heavy atom. The van der Waals surface area contributed by atoms with Crippen LogP contribution in [0.25, 0.3) is 0 Å². The van der Waals surface area contributed by atoms with Crippen molar-refractivity contribution in [3.05, 3.63) is 0 Å². The van der Waals surface area contributed by atoms with Crippen LogP contribution in [0.15, 0.2) is 0 Å². The molecule has 0 bridgehead atoms. The number of aliphatic hydroxyl groups is 1. The molecule has 2 aliphatic rings. The fourth-order valence-corrected chi connectivity index (χ4v) is 3.21. The lowest BCUT2D eigenvalue weighted by Crippen LogP contribution is -2.50. The summed E-state index contributed by atoms with van der Waals surface area (Å²) in [5.74, 6) is 0. The summed E-state index contributed by atoms with van der Waals surface area (Å²) in [6, 6.07) is 0. The summed E-state index contributed by atoms with van der Waals surface area (Å²) in [6.07, 6.45) is 6.07. The van der Waals surface area contributed by atoms with Crippen molar-refractivity contribution in [3.8, 4) is 0 Å². The summed E-state index contributed by atoms with van der Waals surface area (Å²) in [5.41, 5.74) is 0. The molecule has 2 aliphatic heterocycles. The fraction of sp³-hybridized carbons (Fsp3) is 1.00. The van der Waals surface area contributed by atoms with Crippen LogP contribution >= 0.6 is 0 Å². The van der Waals surface area contributed by atoms with E-state index in [0.29, 0.717) is 6.61 Å². The maximum Gasteiger partial charge on any atom is 0.157 e. The van der Waals surface area contributed by atoms with Gasteiger partial charge in [-0.3, -0.25) is 0 Å². The molecule has 0 aromatic heterocycles. The average Bonchev–Trinajstić information content (AvgIpc) is 2.94. The SMILES string of the molecule is OCCOCC[N+]1(CCOC2CCCCO2)CCCC1. The van der Waals surface area contributed by atoms with Gasteiger partial charge >= 0.3 is 0 Å². The van der Waals surface area contributed by atoms with E-state index in [1.807, 2.05) is 0 Å². The first-order valence-electron chi connectivity index (χ1n) is 8.12. The quantitative estimate of drug-likeness (QED) is 0.511. The van der Waals surface area contributed by atoms with Gasteiger partial charge in [0.15, 0.2) is 6.29 Å². The summed E-state index contributed by atoms with van der Waals surface area (Å²) in [6.45, 7) is 7.49. The molecule has 118 valence electrons. The second-order valence-electron chi connectivity index (χ2n) is 5.95. The third kappa shape index (κ3) is 5.30. The van der Waals surface area contributed by atoms with E-state index in [1.54, 1.807) is 0 Å². The van der Waals surface area contributed by atoms with Crippen LogP contribution in [0.5, 0.6) is 0 Å². The monoisotopic (exact) mass is 288 g/mol. The normalized spacial score (nSPS) is 25.9. The first-order valence-corrected chi connectivity index (χ1v) is 8.12. The van der Waals surface area contributed by atoms with Gasteiger partial charge in [-0.25, -0.2) is 0 Å². The molecule has 0 aromatic carbocycles. The summed E-state index contributed by atoms with van der Waals surface area (Å²) < 4.78 is 18.0. The third-order valence-electron chi connectivity index (χ3n) is 4.47. The Kier molecular flexibility index (Phi) is 7.24. The molecule has 1 unspecified atom stereocenters. The standard InChI is InChI=1S/C15H30NO4/c17-10-14-18-12-8-16(6-2-3-7-16)9-13-20-15-5-1-4-11-19-15/h15,17H,1-14H2/q+1. The summed E-state index contributed by atoms with van der Waals surface area (Å²) >= 11 is 0. The Balaban J connectivity index is 1.65. The van der Waals surface area contributed by atoms with E-state index >= 15 is 0 Å². The number of nitrogens with zero attached hydrogens (tertiary/aromatic N) is 1. The molecule has 0 saturated carbocycles. The maximum atomic E-state index is 8.74. The van der Waals surface area contributed by atoms with E-state index in [9.17, 15) is 0 Å². The highest BCUT2D eigenvalue weighted by Gasteiger charge is 2.31. The molecule has 0 spiro atoms. The van der Waals surface area contributed by atoms with Crippen molar-refractivity contribution in [3.63, 3.8) is 0 Å². The molecule has 5 nitrogen and oxygen atoms in total. The molecule has 2 rings (SSSR count). The minimum absolute atomic E-state index is 0.0250. The van der Waals surface area contributed by atoms with Crippen molar-refractivity contribution < 1.29 is 23.8 Å². The topological polar surface area (TPSA) is 47.9 Å². The third-order valence-corrected chi connectivity index (χ3v) is 4.47. The molecular weight excluding hydrogens is 258 g/mol. The molecule has 0 radical (unpaired) electrons. The lowest BCUT2D eigenvalue weighted by atomic mass is 10.2. The zero-order valence-electron chi connectivity index (χ0n) is 12.6. The molecular formula is C15H30NO4+. The van der Waals surface area contributed by atoms with Gasteiger partial charge in [0.2, 0.25) is 0 Å². The molecule has 2 fully saturated rings. The Labute approximate surface area is 122 Å². The van der Waals surface area contributed by atoms with Gasteiger partial charge < -0.3 is 23.8 Å². The Morgan fingerprint density at radius 2 is 1.80 bits per heavy atom. The molecule has 0 aromatic rings. The average molecular weight is 288 g/mol. The van der Waals surface area contributed by atoms with Crippen molar-refractivity contribution in [1.82, 2.24) is 0 Å². The summed E-state index contributed by atoms with van der Waals surface area (Å²) in [7, 11) is 0. The van der Waals surface area contributed by atoms with Gasteiger partial charge in [-0.15, -0.1) is 0 Å². The van der Waals surface area contributed by atoms with E-state index in [4.69, 9.17) is 19.3 Å². The summed E-state index contributed by atoms with van der Waals surface area (Å²) in [4.78, 5) is 0. The predicted octanol–water partition coefficient (Wildman–Crippen LogP) is 1.15. The van der Waals surface area contributed by atoms with Crippen LogP contribution in [0, 0.1) is 0 Å². The summed E-state index contributed by atoms with van der Waals surface area (Å²) in [5, 5.41) is 8.74. The Hall–Kier alpha value is -0.200. The van der Waals surface area contributed by atoms with Gasteiger partial charge in [-0.1, -0.05) is 0 Å². The molecule has 0 amide bonds. The van der Waals surface area contributed by atoms with Crippen molar-refractivity contribution >= 4 is 0 Å². The van der Waals surface area contributed by atoms with Crippen LogP contribution in [-0.4, -0.2) is 75.1 Å². The first kappa shape index (κ1) is 16.2. The van der Waals surface area contributed by atoms with Crippen LogP contribution in [0.1, 0.15) is 32.1 Å². The van der Waals surface area contributed by atoms with Crippen molar-refractivity contribution in [1.29, 1.82) is 0 Å². The maximum absolute atomic E-state index is 8.74. The van der Waals surface area contributed by atoms with Gasteiger partial charge in [-0.05, 0) is 19.3 Å². The zero-order chi connectivity index (χ0) is 14.1. The van der Waals surface area contributed by atoms with E-state index in [0.717, 1.165) is 43.8 Å². The molecule has 1 N–H and O–H groups in total. The van der Waals surface area contributed by atoms with E-state index in [2.05, 4.69) is 0 Å². The van der Waals surface area contributed by atoms with Crippen LogP contribution < -0.4 is 0 Å². The Morgan fingerprint density at radius 1 is 1.00 bits per heavy atom. The minimum atomic E-state index is 0.0250. The highest BCUT2D eigenvalue weighted by Crippen LogP contribution is 2.20. The molecule has 20 heavy (non-hydrogen) atoms. The van der Waals surface area contributed by atoms with Crippen molar-refractivity contribution in [2.24, 2.45) is 0 Å². The lowest BCUT2D eigenvalue weighted by Gasteiger charge is -2.34. The second-order valence-corrected chi connectivity index (χ2v) is 5.95. The number of quaternary nitrogens is 1. The van der Waals surface area contributed by atoms with Crippen LogP contribution in [0.3, 0.4) is 0 Å². The highest BCUT2D eigenvalue weighted by molar-refractivity contribution is 4.57. The van der Waals surface area contributed by atoms with Gasteiger partial charge in [0, 0.05) is 19.4 Å². The van der Waals surface area contributed by atoms with Gasteiger partial charge in [0.05, 0.1) is 39.5 Å². The zero-order valence-corrected chi connectivity index (χ0v) is 12.6. The number of rotatable bonds is 9. The highest BCUT2D eigenvalue weighted by atomic mass is 16.7. The van der Waals surface area contributed by atoms with E-state index in [-0.39, 0.29) is 12.9 Å².